The van der Waals surface area contributed by atoms with Crippen LogP contribution in [0.3, 0.4) is 0 Å². The number of allylic oxidation sites excluding steroid dienone is 4. The largest absolute Gasteiger partial charge is 0.485 e. The molecule has 1 saturated carbocycles. The van der Waals surface area contributed by atoms with E-state index in [-0.39, 0.29) is 6.10 Å². The molecule has 3 heteroatoms. The Bertz CT molecular complexity index is 1610. The molecule has 3 aromatic rings. The maximum atomic E-state index is 6.63. The van der Waals surface area contributed by atoms with Gasteiger partial charge in [-0.05, 0) is 61.0 Å². The molecular weight excluding hydrogens is 454 g/mol. The predicted octanol–water partition coefficient (Wildman–Crippen LogP) is 8.00. The maximum Gasteiger partial charge on any atom is 0.158 e. The summed E-state index contributed by atoms with van der Waals surface area (Å²) >= 11 is 0. The lowest BCUT2D eigenvalue weighted by Crippen LogP contribution is -2.39. The van der Waals surface area contributed by atoms with E-state index in [2.05, 4.69) is 83.8 Å². The standard InChI is InChI=1S/C34H31NO2/c1-4-12-27-26(10-1)32-22-16-17-24-21-9-3-5-14-30(21)36-33(24)25(22)18-19-28(32)35(27)29-13-7-11-23-20-8-2-6-15-31(20)37-34(23)29/h2,6-9,11,13-19,24,26-28,32-33H,1,3-5,10,12H2. The smallest absolute Gasteiger partial charge is 0.158 e. The van der Waals surface area contributed by atoms with Gasteiger partial charge in [0.25, 0.3) is 0 Å². The Hall–Kier alpha value is -3.46. The van der Waals surface area contributed by atoms with Crippen LogP contribution in [0.5, 0.6) is 0 Å². The molecule has 6 unspecified atom stereocenters. The molecule has 37 heavy (non-hydrogen) atoms. The molecule has 0 bridgehead atoms. The first-order chi connectivity index (χ1) is 18.4. The van der Waals surface area contributed by atoms with Crippen LogP contribution in [0.2, 0.25) is 0 Å². The fourth-order valence-corrected chi connectivity index (χ4v) is 8.54. The molecule has 2 aromatic carbocycles. The number of benzene rings is 2. The lowest BCUT2D eigenvalue weighted by atomic mass is 9.69. The van der Waals surface area contributed by atoms with Crippen molar-refractivity contribution >= 4 is 27.6 Å². The van der Waals surface area contributed by atoms with Gasteiger partial charge < -0.3 is 14.1 Å². The van der Waals surface area contributed by atoms with Crippen LogP contribution in [0.4, 0.5) is 5.69 Å². The number of fused-ring (bicyclic) bond motifs is 11. The first-order valence-corrected chi connectivity index (χ1v) is 14.2. The third kappa shape index (κ3) is 2.72. The highest BCUT2D eigenvalue weighted by molar-refractivity contribution is 6.09. The first kappa shape index (κ1) is 20.6. The van der Waals surface area contributed by atoms with Crippen molar-refractivity contribution in [3.63, 3.8) is 0 Å². The van der Waals surface area contributed by atoms with E-state index in [1.54, 1.807) is 0 Å². The molecule has 0 spiro atoms. The Labute approximate surface area is 217 Å². The molecule has 6 aliphatic rings. The van der Waals surface area contributed by atoms with Gasteiger partial charge in [-0.1, -0.05) is 73.6 Å². The minimum absolute atomic E-state index is 0.141. The molecule has 2 saturated heterocycles. The zero-order chi connectivity index (χ0) is 24.1. The van der Waals surface area contributed by atoms with Crippen molar-refractivity contribution in [1.82, 2.24) is 0 Å². The van der Waals surface area contributed by atoms with E-state index < -0.39 is 0 Å². The molecular formula is C34H31NO2. The van der Waals surface area contributed by atoms with Crippen LogP contribution in [0, 0.1) is 17.8 Å². The van der Waals surface area contributed by atoms with Crippen LogP contribution in [-0.4, -0.2) is 18.2 Å². The monoisotopic (exact) mass is 485 g/mol. The molecule has 3 heterocycles. The maximum absolute atomic E-state index is 6.63. The zero-order valence-electron chi connectivity index (χ0n) is 21.0. The molecule has 2 aliphatic heterocycles. The molecule has 6 atom stereocenters. The van der Waals surface area contributed by atoms with E-state index in [1.165, 1.54) is 58.9 Å². The van der Waals surface area contributed by atoms with Crippen molar-refractivity contribution in [2.45, 2.75) is 56.7 Å². The molecule has 3 nitrogen and oxygen atoms in total. The highest BCUT2D eigenvalue weighted by Crippen LogP contribution is 2.55. The fourth-order valence-electron chi connectivity index (χ4n) is 8.54. The van der Waals surface area contributed by atoms with Crippen molar-refractivity contribution in [2.75, 3.05) is 4.90 Å². The van der Waals surface area contributed by atoms with Crippen molar-refractivity contribution in [3.05, 3.63) is 101 Å². The van der Waals surface area contributed by atoms with Crippen LogP contribution in [0.1, 0.15) is 38.5 Å². The molecule has 9 rings (SSSR count). The molecule has 184 valence electrons. The minimum atomic E-state index is 0.141. The Kier molecular flexibility index (Phi) is 4.19. The summed E-state index contributed by atoms with van der Waals surface area (Å²) in [6.07, 6.45) is 22.2. The van der Waals surface area contributed by atoms with Crippen LogP contribution in [0.25, 0.3) is 21.9 Å². The lowest BCUT2D eigenvalue weighted by Gasteiger charge is -2.36. The Morgan fingerprint density at radius 1 is 0.811 bits per heavy atom. The fraction of sp³-hybridized carbons (Fsp3) is 0.353. The molecule has 1 aromatic heterocycles. The van der Waals surface area contributed by atoms with Crippen molar-refractivity contribution in [1.29, 1.82) is 0 Å². The lowest BCUT2D eigenvalue weighted by molar-refractivity contribution is 0.172. The van der Waals surface area contributed by atoms with Gasteiger partial charge in [-0.25, -0.2) is 0 Å². The number of nitrogens with zero attached hydrogens (tertiary/aromatic N) is 1. The number of anilines is 1. The Morgan fingerprint density at radius 3 is 2.68 bits per heavy atom. The van der Waals surface area contributed by atoms with Gasteiger partial charge in [0.15, 0.2) is 5.58 Å². The third-order valence-electron chi connectivity index (χ3n) is 9.99. The summed E-state index contributed by atoms with van der Waals surface area (Å²) < 4.78 is 13.2. The molecule has 4 aliphatic carbocycles. The van der Waals surface area contributed by atoms with E-state index in [9.17, 15) is 0 Å². The first-order valence-electron chi connectivity index (χ1n) is 14.2. The van der Waals surface area contributed by atoms with Gasteiger partial charge in [0.2, 0.25) is 0 Å². The zero-order valence-corrected chi connectivity index (χ0v) is 21.0. The summed E-state index contributed by atoms with van der Waals surface area (Å²) in [6.45, 7) is 0. The van der Waals surface area contributed by atoms with Gasteiger partial charge in [0.05, 0.1) is 11.7 Å². The van der Waals surface area contributed by atoms with E-state index in [0.29, 0.717) is 29.8 Å². The van der Waals surface area contributed by atoms with Gasteiger partial charge in [-0.2, -0.15) is 0 Å². The highest BCUT2D eigenvalue weighted by Gasteiger charge is 2.53. The minimum Gasteiger partial charge on any atom is -0.485 e. The SMILES string of the molecule is C1=CC2C(C3=C1C1OC4=CCCC=C4C1C=C3)C1CCCCC1N2c1cccc2c1oc1ccccc12. The second kappa shape index (κ2) is 7.54. The van der Waals surface area contributed by atoms with Gasteiger partial charge >= 0.3 is 0 Å². The predicted molar refractivity (Wildman–Crippen MR) is 148 cm³/mol. The quantitative estimate of drug-likeness (QED) is 0.349. The van der Waals surface area contributed by atoms with Gasteiger partial charge in [-0.15, -0.1) is 0 Å². The average Bonchev–Trinajstić information content (AvgIpc) is 3.62. The van der Waals surface area contributed by atoms with E-state index in [0.717, 1.165) is 29.8 Å². The number of rotatable bonds is 1. The molecule has 0 N–H and O–H groups in total. The van der Waals surface area contributed by atoms with Crippen LogP contribution < -0.4 is 4.90 Å². The third-order valence-corrected chi connectivity index (χ3v) is 9.99. The molecule has 0 radical (unpaired) electrons. The van der Waals surface area contributed by atoms with Crippen molar-refractivity contribution < 1.29 is 9.15 Å². The summed E-state index contributed by atoms with van der Waals surface area (Å²) in [5.74, 6) is 2.68. The number of hydrogen-bond acceptors (Lipinski definition) is 3. The second-order valence-corrected chi connectivity index (χ2v) is 11.7. The van der Waals surface area contributed by atoms with E-state index >= 15 is 0 Å². The van der Waals surface area contributed by atoms with Crippen LogP contribution in [0.15, 0.2) is 106 Å². The van der Waals surface area contributed by atoms with Crippen LogP contribution >= 0.6 is 0 Å². The molecule has 0 amide bonds. The average molecular weight is 486 g/mol. The van der Waals surface area contributed by atoms with E-state index in [1.807, 2.05) is 0 Å². The number of furan rings is 1. The van der Waals surface area contributed by atoms with Gasteiger partial charge in [0, 0.05) is 34.2 Å². The van der Waals surface area contributed by atoms with Gasteiger partial charge in [0.1, 0.15) is 17.4 Å². The number of ether oxygens (including phenoxy) is 1. The Balaban J connectivity index is 1.18. The summed E-state index contributed by atoms with van der Waals surface area (Å²) in [6, 6.07) is 16.1. The topological polar surface area (TPSA) is 25.6 Å². The van der Waals surface area contributed by atoms with E-state index in [4.69, 9.17) is 9.15 Å². The van der Waals surface area contributed by atoms with Crippen molar-refractivity contribution in [2.24, 2.45) is 17.8 Å². The Morgan fingerprint density at radius 2 is 1.68 bits per heavy atom. The van der Waals surface area contributed by atoms with Crippen molar-refractivity contribution in [3.8, 4) is 0 Å². The second-order valence-electron chi connectivity index (χ2n) is 11.7. The normalized spacial score (nSPS) is 33.5. The van der Waals surface area contributed by atoms with Gasteiger partial charge in [-0.3, -0.25) is 0 Å². The number of hydrogen-bond donors (Lipinski definition) is 0. The highest BCUT2D eigenvalue weighted by atomic mass is 16.5. The summed E-state index contributed by atoms with van der Waals surface area (Å²) in [5, 5.41) is 2.44. The number of para-hydroxylation sites is 2. The summed E-state index contributed by atoms with van der Waals surface area (Å²) in [7, 11) is 0. The summed E-state index contributed by atoms with van der Waals surface area (Å²) in [5.41, 5.74) is 7.67. The van der Waals surface area contributed by atoms with Crippen LogP contribution in [-0.2, 0) is 4.74 Å². The molecule has 3 fully saturated rings. The summed E-state index contributed by atoms with van der Waals surface area (Å²) in [4.78, 5) is 2.75.